The van der Waals surface area contributed by atoms with Gasteiger partial charge < -0.3 is 15.7 Å². The summed E-state index contributed by atoms with van der Waals surface area (Å²) in [5.41, 5.74) is 2.29. The van der Waals surface area contributed by atoms with Gasteiger partial charge in [-0.25, -0.2) is 9.78 Å². The fraction of sp³-hybridized carbons (Fsp3) is 0.0345. The highest BCUT2D eigenvalue weighted by Gasteiger charge is 2.16. The smallest absolute Gasteiger partial charge is 0.336 e. The summed E-state index contributed by atoms with van der Waals surface area (Å²) in [6.45, 7) is 0. The normalized spacial score (nSPS) is 10.7. The number of carboxylic acids is 1. The average molecular weight is 540 g/mol. The van der Waals surface area contributed by atoms with E-state index in [0.29, 0.717) is 10.8 Å². The number of anilines is 2. The SMILES string of the molecule is O=C(CSc1cccc(NC(=O)c2ccccc2C(=O)O)c1)Nc1nc(-c2ccc3ccccc3c2)cs1. The van der Waals surface area contributed by atoms with Gasteiger partial charge in [-0.05, 0) is 47.2 Å². The van der Waals surface area contributed by atoms with E-state index in [1.165, 1.54) is 35.2 Å². The molecule has 1 heterocycles. The molecule has 4 aromatic carbocycles. The lowest BCUT2D eigenvalue weighted by molar-refractivity contribution is -0.113. The Morgan fingerprint density at radius 1 is 0.816 bits per heavy atom. The third kappa shape index (κ3) is 5.91. The van der Waals surface area contributed by atoms with Crippen molar-refractivity contribution in [3.05, 3.63) is 108 Å². The molecular weight excluding hydrogens is 518 g/mol. The van der Waals surface area contributed by atoms with E-state index in [4.69, 9.17) is 0 Å². The van der Waals surface area contributed by atoms with Crippen LogP contribution in [0.5, 0.6) is 0 Å². The Bertz CT molecular complexity index is 1660. The van der Waals surface area contributed by atoms with Crippen molar-refractivity contribution in [2.45, 2.75) is 4.90 Å². The van der Waals surface area contributed by atoms with Gasteiger partial charge in [-0.1, -0.05) is 54.6 Å². The van der Waals surface area contributed by atoms with Crippen molar-refractivity contribution in [1.29, 1.82) is 0 Å². The number of thioether (sulfide) groups is 1. The number of nitrogens with zero attached hydrogens (tertiary/aromatic N) is 1. The molecule has 0 spiro atoms. The average Bonchev–Trinajstić information content (AvgIpc) is 3.40. The molecule has 0 aliphatic heterocycles. The minimum absolute atomic E-state index is 0.0711. The number of aromatic carboxylic acids is 1. The van der Waals surface area contributed by atoms with Crippen molar-refractivity contribution >= 4 is 62.5 Å². The van der Waals surface area contributed by atoms with E-state index in [2.05, 4.69) is 39.9 Å². The molecule has 0 radical (unpaired) electrons. The monoisotopic (exact) mass is 539 g/mol. The molecule has 5 aromatic rings. The van der Waals surface area contributed by atoms with Crippen LogP contribution in [0, 0.1) is 0 Å². The van der Waals surface area contributed by atoms with Gasteiger partial charge in [0.25, 0.3) is 5.91 Å². The third-order valence-corrected chi connectivity index (χ3v) is 7.41. The number of carboxylic acid groups (broad SMARTS) is 1. The van der Waals surface area contributed by atoms with Crippen LogP contribution < -0.4 is 10.6 Å². The van der Waals surface area contributed by atoms with Crippen molar-refractivity contribution in [3.63, 3.8) is 0 Å². The molecule has 0 saturated heterocycles. The van der Waals surface area contributed by atoms with E-state index >= 15 is 0 Å². The minimum Gasteiger partial charge on any atom is -0.478 e. The summed E-state index contributed by atoms with van der Waals surface area (Å²) >= 11 is 2.69. The number of hydrogen-bond donors (Lipinski definition) is 3. The molecule has 0 fully saturated rings. The number of carbonyl (C=O) groups is 3. The molecule has 5 rings (SSSR count). The molecule has 188 valence electrons. The molecule has 0 aliphatic carbocycles. The highest BCUT2D eigenvalue weighted by atomic mass is 32.2. The molecule has 2 amide bonds. The number of nitrogens with one attached hydrogen (secondary N) is 2. The second kappa shape index (κ2) is 11.3. The summed E-state index contributed by atoms with van der Waals surface area (Å²) in [7, 11) is 0. The van der Waals surface area contributed by atoms with Gasteiger partial charge in [0.2, 0.25) is 5.91 Å². The largest absolute Gasteiger partial charge is 0.478 e. The first-order valence-corrected chi connectivity index (χ1v) is 13.4. The highest BCUT2D eigenvalue weighted by Crippen LogP contribution is 2.28. The predicted octanol–water partition coefficient (Wildman–Crippen LogP) is 6.64. The highest BCUT2D eigenvalue weighted by molar-refractivity contribution is 8.00. The number of benzene rings is 4. The Morgan fingerprint density at radius 3 is 2.39 bits per heavy atom. The lowest BCUT2D eigenvalue weighted by Gasteiger charge is -2.09. The summed E-state index contributed by atoms with van der Waals surface area (Å²) in [6.07, 6.45) is 0. The summed E-state index contributed by atoms with van der Waals surface area (Å²) in [6, 6.07) is 27.3. The van der Waals surface area contributed by atoms with Crippen LogP contribution in [0.3, 0.4) is 0 Å². The Kier molecular flexibility index (Phi) is 7.48. The Morgan fingerprint density at radius 2 is 1.58 bits per heavy atom. The van der Waals surface area contributed by atoms with Gasteiger partial charge >= 0.3 is 5.97 Å². The van der Waals surface area contributed by atoms with Crippen molar-refractivity contribution in [1.82, 2.24) is 4.98 Å². The van der Waals surface area contributed by atoms with E-state index in [9.17, 15) is 19.5 Å². The van der Waals surface area contributed by atoms with Crippen molar-refractivity contribution in [2.75, 3.05) is 16.4 Å². The Hall–Kier alpha value is -4.47. The molecule has 7 nitrogen and oxygen atoms in total. The molecular formula is C29H21N3O4S2. The summed E-state index contributed by atoms with van der Waals surface area (Å²) in [5.74, 6) is -1.73. The standard InChI is InChI=1S/C29H21N3O4S2/c33-26(32-29-31-25(16-38-29)20-13-12-18-6-1-2-7-19(18)14-20)17-37-22-9-5-8-21(15-22)30-27(34)23-10-3-4-11-24(23)28(35)36/h1-16H,17H2,(H,30,34)(H,35,36)(H,31,32,33). The topological polar surface area (TPSA) is 108 Å². The molecule has 0 saturated carbocycles. The zero-order chi connectivity index (χ0) is 26.5. The van der Waals surface area contributed by atoms with Crippen LogP contribution >= 0.6 is 23.1 Å². The quantitative estimate of drug-likeness (QED) is 0.191. The summed E-state index contributed by atoms with van der Waals surface area (Å²) in [5, 5.41) is 19.6. The summed E-state index contributed by atoms with van der Waals surface area (Å²) in [4.78, 5) is 42.0. The molecule has 0 bridgehead atoms. The fourth-order valence-corrected chi connectivity index (χ4v) is 5.34. The van der Waals surface area contributed by atoms with Gasteiger partial charge in [0.15, 0.2) is 5.13 Å². The summed E-state index contributed by atoms with van der Waals surface area (Å²) < 4.78 is 0. The van der Waals surface area contributed by atoms with Crippen molar-refractivity contribution < 1.29 is 19.5 Å². The lowest BCUT2D eigenvalue weighted by atomic mass is 10.1. The Balaban J connectivity index is 1.18. The molecule has 3 N–H and O–H groups in total. The predicted molar refractivity (Wildman–Crippen MR) is 152 cm³/mol. The van der Waals surface area contributed by atoms with E-state index < -0.39 is 11.9 Å². The number of hydrogen-bond acceptors (Lipinski definition) is 6. The zero-order valence-electron chi connectivity index (χ0n) is 19.9. The van der Waals surface area contributed by atoms with Gasteiger partial charge in [0.1, 0.15) is 0 Å². The van der Waals surface area contributed by atoms with Gasteiger partial charge in [0, 0.05) is 21.5 Å². The second-order valence-corrected chi connectivity index (χ2v) is 10.2. The molecule has 9 heteroatoms. The number of amides is 2. The maximum atomic E-state index is 12.6. The van der Waals surface area contributed by atoms with Crippen LogP contribution in [0.1, 0.15) is 20.7 Å². The lowest BCUT2D eigenvalue weighted by Crippen LogP contribution is -2.16. The van der Waals surface area contributed by atoms with Gasteiger partial charge in [0.05, 0.1) is 22.6 Å². The second-order valence-electron chi connectivity index (χ2n) is 8.27. The number of rotatable bonds is 8. The minimum atomic E-state index is -1.17. The maximum Gasteiger partial charge on any atom is 0.336 e. The third-order valence-electron chi connectivity index (χ3n) is 5.66. The number of thiazole rings is 1. The first-order chi connectivity index (χ1) is 18.5. The van der Waals surface area contributed by atoms with Crippen LogP contribution in [0.2, 0.25) is 0 Å². The van der Waals surface area contributed by atoms with Crippen LogP contribution in [-0.4, -0.2) is 33.6 Å². The molecule has 38 heavy (non-hydrogen) atoms. The van der Waals surface area contributed by atoms with Crippen LogP contribution in [-0.2, 0) is 4.79 Å². The first-order valence-electron chi connectivity index (χ1n) is 11.6. The molecule has 0 atom stereocenters. The zero-order valence-corrected chi connectivity index (χ0v) is 21.5. The van der Waals surface area contributed by atoms with E-state index in [1.54, 1.807) is 30.3 Å². The first kappa shape index (κ1) is 25.2. The molecule has 0 aliphatic rings. The van der Waals surface area contributed by atoms with E-state index in [0.717, 1.165) is 26.9 Å². The van der Waals surface area contributed by atoms with Crippen LogP contribution in [0.15, 0.2) is 101 Å². The fourth-order valence-electron chi connectivity index (χ4n) is 3.85. The van der Waals surface area contributed by atoms with E-state index in [1.807, 2.05) is 29.6 Å². The Labute approximate surface area is 226 Å². The van der Waals surface area contributed by atoms with Gasteiger partial charge in [-0.15, -0.1) is 23.1 Å². The van der Waals surface area contributed by atoms with Crippen LogP contribution in [0.4, 0.5) is 10.8 Å². The number of aromatic nitrogens is 1. The van der Waals surface area contributed by atoms with Crippen LogP contribution in [0.25, 0.3) is 22.0 Å². The molecule has 0 unspecified atom stereocenters. The van der Waals surface area contributed by atoms with E-state index in [-0.39, 0.29) is 22.8 Å². The molecule has 1 aromatic heterocycles. The maximum absolute atomic E-state index is 12.6. The number of carbonyl (C=O) groups excluding carboxylic acids is 2. The van der Waals surface area contributed by atoms with Crippen molar-refractivity contribution in [3.8, 4) is 11.3 Å². The van der Waals surface area contributed by atoms with Gasteiger partial charge in [-0.3, -0.25) is 9.59 Å². The number of fused-ring (bicyclic) bond motifs is 1. The van der Waals surface area contributed by atoms with Gasteiger partial charge in [-0.2, -0.15) is 0 Å². The van der Waals surface area contributed by atoms with Crippen molar-refractivity contribution in [2.24, 2.45) is 0 Å².